The van der Waals surface area contributed by atoms with Crippen LogP contribution in [0.25, 0.3) is 0 Å². The molecule has 38 heavy (non-hydrogen) atoms. The van der Waals surface area contributed by atoms with E-state index in [4.69, 9.17) is 9.47 Å². The number of ether oxygens (including phenoxy) is 2. The molecule has 0 aromatic heterocycles. The SMILES string of the molecule is C=C(C)[C@@H]1CC[C@]2(C)CC[C@]3(CO)[C@H](CC[C@@H]4[C@@]5(C)CC[C@@H](OC(C)=O)[C@](C)(C(=O)OC)[C@@H]5CC[C@]43C)[C@@H]12. The molecular weight excluding hydrogens is 476 g/mol. The monoisotopic (exact) mass is 528 g/mol. The highest BCUT2D eigenvalue weighted by Gasteiger charge is 2.73. The molecule has 0 unspecified atom stereocenters. The molecule has 11 atom stereocenters. The summed E-state index contributed by atoms with van der Waals surface area (Å²) in [5.41, 5.74) is 0.644. The van der Waals surface area contributed by atoms with Crippen molar-refractivity contribution in [1.82, 2.24) is 0 Å². The Kier molecular flexibility index (Phi) is 6.73. The van der Waals surface area contributed by atoms with Gasteiger partial charge in [-0.05, 0) is 124 Å². The Labute approximate surface area is 230 Å². The largest absolute Gasteiger partial charge is 0.468 e. The second kappa shape index (κ2) is 9.08. The van der Waals surface area contributed by atoms with Gasteiger partial charge < -0.3 is 14.6 Å². The number of carbonyl (C=O) groups is 2. The van der Waals surface area contributed by atoms with Crippen molar-refractivity contribution < 1.29 is 24.2 Å². The lowest BCUT2D eigenvalue weighted by molar-refractivity contribution is -0.264. The Balaban J connectivity index is 1.56. The second-order valence-corrected chi connectivity index (χ2v) is 15.1. The van der Waals surface area contributed by atoms with Gasteiger partial charge in [-0.15, -0.1) is 0 Å². The zero-order chi connectivity index (χ0) is 27.9. The maximum atomic E-state index is 13.5. The van der Waals surface area contributed by atoms with Crippen molar-refractivity contribution in [3.63, 3.8) is 0 Å². The molecular formula is C33H52O5. The molecule has 1 N–H and O–H groups in total. The predicted octanol–water partition coefficient (Wildman–Crippen LogP) is 6.72. The maximum Gasteiger partial charge on any atom is 0.315 e. The number of hydrogen-bond donors (Lipinski definition) is 1. The molecule has 5 fully saturated rings. The number of esters is 2. The van der Waals surface area contributed by atoms with E-state index in [1.807, 2.05) is 6.92 Å². The first-order valence-electron chi connectivity index (χ1n) is 15.3. The Bertz CT molecular complexity index is 1010. The number of allylic oxidation sites excluding steroid dienone is 1. The fourth-order valence-electron chi connectivity index (χ4n) is 12.2. The van der Waals surface area contributed by atoms with E-state index in [1.165, 1.54) is 38.9 Å². The van der Waals surface area contributed by atoms with Crippen LogP contribution in [0.5, 0.6) is 0 Å². The summed E-state index contributed by atoms with van der Waals surface area (Å²) in [6.45, 7) is 17.8. The molecule has 0 aromatic rings. The van der Waals surface area contributed by atoms with Crippen LogP contribution in [0.2, 0.25) is 0 Å². The quantitative estimate of drug-likeness (QED) is 0.324. The van der Waals surface area contributed by atoms with Gasteiger partial charge in [0.05, 0.1) is 7.11 Å². The number of rotatable bonds is 4. The van der Waals surface area contributed by atoms with Gasteiger partial charge in [0, 0.05) is 18.9 Å². The van der Waals surface area contributed by atoms with E-state index in [-0.39, 0.29) is 40.7 Å². The van der Waals surface area contributed by atoms with E-state index in [0.717, 1.165) is 38.5 Å². The van der Waals surface area contributed by atoms with Crippen molar-refractivity contribution >= 4 is 11.9 Å². The van der Waals surface area contributed by atoms with Gasteiger partial charge in [-0.2, -0.15) is 0 Å². The average Bonchev–Trinajstić information content (AvgIpc) is 3.22. The Hall–Kier alpha value is -1.36. The summed E-state index contributed by atoms with van der Waals surface area (Å²) in [6, 6.07) is 0. The Morgan fingerprint density at radius 1 is 0.895 bits per heavy atom. The Morgan fingerprint density at radius 3 is 2.21 bits per heavy atom. The third-order valence-corrected chi connectivity index (χ3v) is 14.0. The molecule has 5 aliphatic rings. The molecule has 0 bridgehead atoms. The van der Waals surface area contributed by atoms with Crippen LogP contribution in [0.3, 0.4) is 0 Å². The van der Waals surface area contributed by atoms with Crippen LogP contribution < -0.4 is 0 Å². The zero-order valence-electron chi connectivity index (χ0n) is 25.0. The van der Waals surface area contributed by atoms with Crippen LogP contribution in [0.1, 0.15) is 106 Å². The predicted molar refractivity (Wildman–Crippen MR) is 148 cm³/mol. The highest BCUT2D eigenvalue weighted by Crippen LogP contribution is 2.77. The first kappa shape index (κ1) is 28.2. The number of carbonyl (C=O) groups excluding carboxylic acids is 2. The van der Waals surface area contributed by atoms with Crippen LogP contribution in [0, 0.1) is 56.7 Å². The molecule has 0 radical (unpaired) electrons. The Morgan fingerprint density at radius 2 is 1.61 bits per heavy atom. The first-order chi connectivity index (χ1) is 17.7. The number of aliphatic hydroxyl groups is 1. The molecule has 5 rings (SSSR count). The lowest BCUT2D eigenvalue weighted by Crippen LogP contribution is -2.69. The van der Waals surface area contributed by atoms with Crippen molar-refractivity contribution in [3.8, 4) is 0 Å². The van der Waals surface area contributed by atoms with E-state index in [1.54, 1.807) is 0 Å². The summed E-state index contributed by atoms with van der Waals surface area (Å²) < 4.78 is 11.2. The van der Waals surface area contributed by atoms with Crippen LogP contribution in [-0.2, 0) is 19.1 Å². The van der Waals surface area contributed by atoms with E-state index in [2.05, 4.69) is 34.3 Å². The number of methoxy groups -OCH3 is 1. The smallest absolute Gasteiger partial charge is 0.315 e. The second-order valence-electron chi connectivity index (χ2n) is 15.1. The van der Waals surface area contributed by atoms with Gasteiger partial charge in [0.25, 0.3) is 0 Å². The summed E-state index contributed by atoms with van der Waals surface area (Å²) in [7, 11) is 1.46. The van der Waals surface area contributed by atoms with Crippen molar-refractivity contribution in [2.75, 3.05) is 13.7 Å². The van der Waals surface area contributed by atoms with Gasteiger partial charge in [0.15, 0.2) is 0 Å². The fraction of sp³-hybridized carbons (Fsp3) is 0.879. The van der Waals surface area contributed by atoms with E-state index >= 15 is 0 Å². The molecule has 0 spiro atoms. The van der Waals surface area contributed by atoms with Gasteiger partial charge in [-0.25, -0.2) is 0 Å². The molecule has 0 amide bonds. The molecule has 0 aromatic carbocycles. The van der Waals surface area contributed by atoms with Crippen LogP contribution in [0.4, 0.5) is 0 Å². The lowest BCUT2D eigenvalue weighted by Gasteiger charge is -2.73. The average molecular weight is 529 g/mol. The zero-order valence-corrected chi connectivity index (χ0v) is 25.0. The number of fused-ring (bicyclic) bond motifs is 7. The van der Waals surface area contributed by atoms with E-state index in [9.17, 15) is 14.7 Å². The van der Waals surface area contributed by atoms with Gasteiger partial charge in [-0.1, -0.05) is 32.9 Å². The minimum Gasteiger partial charge on any atom is -0.468 e. The molecule has 5 aliphatic carbocycles. The molecule has 0 heterocycles. The van der Waals surface area contributed by atoms with Gasteiger partial charge in [-0.3, -0.25) is 9.59 Å². The van der Waals surface area contributed by atoms with Crippen LogP contribution in [-0.4, -0.2) is 36.9 Å². The third kappa shape index (κ3) is 3.45. The summed E-state index contributed by atoms with van der Waals surface area (Å²) in [5, 5.41) is 11.4. The molecule has 5 saturated carbocycles. The third-order valence-electron chi connectivity index (χ3n) is 14.0. The highest BCUT2D eigenvalue weighted by atomic mass is 16.6. The molecule has 0 aliphatic heterocycles. The van der Waals surface area contributed by atoms with Gasteiger partial charge in [0.1, 0.15) is 11.5 Å². The van der Waals surface area contributed by atoms with E-state index in [0.29, 0.717) is 35.5 Å². The van der Waals surface area contributed by atoms with Crippen molar-refractivity contribution in [1.29, 1.82) is 0 Å². The normalized spacial score (nSPS) is 51.6. The fourth-order valence-corrected chi connectivity index (χ4v) is 12.2. The first-order valence-corrected chi connectivity index (χ1v) is 15.3. The topological polar surface area (TPSA) is 72.8 Å². The van der Waals surface area contributed by atoms with Gasteiger partial charge >= 0.3 is 11.9 Å². The summed E-state index contributed by atoms with van der Waals surface area (Å²) in [4.78, 5) is 25.5. The highest BCUT2D eigenvalue weighted by molar-refractivity contribution is 5.79. The lowest BCUT2D eigenvalue weighted by atomic mass is 9.32. The van der Waals surface area contributed by atoms with E-state index < -0.39 is 11.5 Å². The van der Waals surface area contributed by atoms with Crippen LogP contribution >= 0.6 is 0 Å². The summed E-state index contributed by atoms with van der Waals surface area (Å²) >= 11 is 0. The van der Waals surface area contributed by atoms with Crippen molar-refractivity contribution in [2.24, 2.45) is 56.7 Å². The minimum absolute atomic E-state index is 0.00472. The van der Waals surface area contributed by atoms with Crippen molar-refractivity contribution in [2.45, 2.75) is 112 Å². The standard InChI is InChI=1S/C33H52O5/c1-20(2)22-11-14-29(4)17-18-33(19-34)23(27(22)29)9-10-24-30(5)15-13-26(38-21(3)35)32(7,28(36)37-8)25(30)12-16-31(24,33)6/h22-27,34H,1,9-19H2,2-8H3/t22-,23+,24+,25+,26+,27+,29+,30+,31+,32+,33-/m0/s1. The summed E-state index contributed by atoms with van der Waals surface area (Å²) in [5.74, 6) is 1.58. The summed E-state index contributed by atoms with van der Waals surface area (Å²) in [6.07, 6.45) is 10.1. The molecule has 5 nitrogen and oxygen atoms in total. The minimum atomic E-state index is -0.861. The number of hydrogen-bond acceptors (Lipinski definition) is 5. The van der Waals surface area contributed by atoms with Crippen LogP contribution in [0.15, 0.2) is 12.2 Å². The van der Waals surface area contributed by atoms with Crippen molar-refractivity contribution in [3.05, 3.63) is 12.2 Å². The maximum absolute atomic E-state index is 13.5. The number of aliphatic hydroxyl groups excluding tert-OH is 1. The van der Waals surface area contributed by atoms with Gasteiger partial charge in [0.2, 0.25) is 0 Å². The molecule has 5 heteroatoms. The molecule has 0 saturated heterocycles. The molecule has 214 valence electrons.